The maximum Gasteiger partial charge on any atom is 0.150 e. The van der Waals surface area contributed by atoms with Crippen LogP contribution in [0.3, 0.4) is 0 Å². The summed E-state index contributed by atoms with van der Waals surface area (Å²) >= 11 is 0. The van der Waals surface area contributed by atoms with Crippen molar-refractivity contribution >= 4 is 9.84 Å². The van der Waals surface area contributed by atoms with Gasteiger partial charge in [-0.2, -0.15) is 0 Å². The Hall–Kier alpha value is -0.350. The number of rotatable bonds is 5. The normalized spacial score (nSPS) is 28.4. The van der Waals surface area contributed by atoms with Gasteiger partial charge in [-0.15, -0.1) is 0 Å². The molecule has 2 rings (SSSR count). The standard InChI is InChI=1S/C16H29NO2S/c1-2-11-17-16(15-10-12-20(18,19)13-15)14-8-6-4-3-5-7-9-14/h8,15-17H,2-7,9-13H2,1H3. The van der Waals surface area contributed by atoms with Crippen LogP contribution in [0.1, 0.15) is 58.3 Å². The van der Waals surface area contributed by atoms with Crippen molar-refractivity contribution in [1.82, 2.24) is 5.32 Å². The predicted molar refractivity (Wildman–Crippen MR) is 84.6 cm³/mol. The zero-order valence-corrected chi connectivity index (χ0v) is 13.6. The van der Waals surface area contributed by atoms with E-state index in [1.54, 1.807) is 0 Å². The van der Waals surface area contributed by atoms with Gasteiger partial charge in [0.1, 0.15) is 0 Å². The SMILES string of the molecule is CCCNC(C1=CCCCCCC1)C1CCS(=O)(=O)C1. The van der Waals surface area contributed by atoms with Gasteiger partial charge >= 0.3 is 0 Å². The zero-order chi connectivity index (χ0) is 14.4. The highest BCUT2D eigenvalue weighted by Crippen LogP contribution is 2.29. The van der Waals surface area contributed by atoms with Crippen LogP contribution in [0.5, 0.6) is 0 Å². The lowest BCUT2D eigenvalue weighted by atomic mass is 9.87. The number of nitrogens with one attached hydrogen (secondary N) is 1. The first-order valence-corrected chi connectivity index (χ1v) is 10.1. The lowest BCUT2D eigenvalue weighted by molar-refractivity contribution is 0.409. The maximum atomic E-state index is 11.8. The summed E-state index contributed by atoms with van der Waals surface area (Å²) in [5, 5.41) is 3.63. The van der Waals surface area contributed by atoms with Gasteiger partial charge in [0.05, 0.1) is 11.5 Å². The highest BCUT2D eigenvalue weighted by Gasteiger charge is 2.34. The minimum Gasteiger partial charge on any atom is -0.310 e. The Balaban J connectivity index is 2.09. The minimum absolute atomic E-state index is 0.289. The van der Waals surface area contributed by atoms with Crippen molar-refractivity contribution in [3.63, 3.8) is 0 Å². The first-order valence-electron chi connectivity index (χ1n) is 8.25. The molecule has 2 atom stereocenters. The van der Waals surface area contributed by atoms with Gasteiger partial charge in [0.15, 0.2) is 9.84 Å². The summed E-state index contributed by atoms with van der Waals surface area (Å²) in [7, 11) is -2.79. The minimum atomic E-state index is -2.79. The van der Waals surface area contributed by atoms with E-state index in [2.05, 4.69) is 18.3 Å². The predicted octanol–water partition coefficient (Wildman–Crippen LogP) is 3.07. The zero-order valence-electron chi connectivity index (χ0n) is 12.7. The number of sulfone groups is 1. The summed E-state index contributed by atoms with van der Waals surface area (Å²) in [6.07, 6.45) is 11.9. The van der Waals surface area contributed by atoms with Crippen molar-refractivity contribution in [3.05, 3.63) is 11.6 Å². The van der Waals surface area contributed by atoms with Gasteiger partial charge in [0, 0.05) is 6.04 Å². The van der Waals surface area contributed by atoms with E-state index in [0.29, 0.717) is 17.5 Å². The third kappa shape index (κ3) is 4.59. The smallest absolute Gasteiger partial charge is 0.150 e. The quantitative estimate of drug-likeness (QED) is 0.794. The third-order valence-corrected chi connectivity index (χ3v) is 6.37. The lowest BCUT2D eigenvalue weighted by Gasteiger charge is -2.28. The van der Waals surface area contributed by atoms with E-state index in [4.69, 9.17) is 0 Å². The van der Waals surface area contributed by atoms with E-state index < -0.39 is 9.84 Å². The van der Waals surface area contributed by atoms with Crippen molar-refractivity contribution in [2.45, 2.75) is 64.3 Å². The van der Waals surface area contributed by atoms with Gasteiger partial charge < -0.3 is 5.32 Å². The summed E-state index contributed by atoms with van der Waals surface area (Å²) in [6, 6.07) is 0.297. The molecule has 0 spiro atoms. The fourth-order valence-electron chi connectivity index (χ4n) is 3.49. The molecule has 0 saturated carbocycles. The molecule has 1 fully saturated rings. The van der Waals surface area contributed by atoms with Crippen molar-refractivity contribution < 1.29 is 8.42 Å². The molecule has 1 heterocycles. The first kappa shape index (κ1) is 16.0. The van der Waals surface area contributed by atoms with Crippen LogP contribution in [-0.4, -0.2) is 32.5 Å². The largest absolute Gasteiger partial charge is 0.310 e. The van der Waals surface area contributed by atoms with Crippen LogP contribution in [0.4, 0.5) is 0 Å². The lowest BCUT2D eigenvalue weighted by Crippen LogP contribution is -2.39. The number of allylic oxidation sites excluding steroid dienone is 1. The third-order valence-electron chi connectivity index (χ3n) is 4.58. The van der Waals surface area contributed by atoms with Crippen LogP contribution in [0.15, 0.2) is 11.6 Å². The summed E-state index contributed by atoms with van der Waals surface area (Å²) in [5.74, 6) is 1.05. The van der Waals surface area contributed by atoms with Crippen LogP contribution in [0, 0.1) is 5.92 Å². The molecule has 0 amide bonds. The van der Waals surface area contributed by atoms with Crippen molar-refractivity contribution in [1.29, 1.82) is 0 Å². The summed E-state index contributed by atoms with van der Waals surface area (Å²) in [4.78, 5) is 0. The molecule has 0 radical (unpaired) electrons. The molecule has 1 N–H and O–H groups in total. The second kappa shape index (κ2) is 7.60. The van der Waals surface area contributed by atoms with Gasteiger partial charge in [0.25, 0.3) is 0 Å². The van der Waals surface area contributed by atoms with Crippen LogP contribution < -0.4 is 5.32 Å². The summed E-state index contributed by atoms with van der Waals surface area (Å²) < 4.78 is 23.6. The van der Waals surface area contributed by atoms with Gasteiger partial charge in [-0.25, -0.2) is 8.42 Å². The average Bonchev–Trinajstić information content (AvgIpc) is 2.72. The second-order valence-corrected chi connectivity index (χ2v) is 8.56. The Morgan fingerprint density at radius 1 is 1.30 bits per heavy atom. The highest BCUT2D eigenvalue weighted by molar-refractivity contribution is 7.91. The fraction of sp³-hybridized carbons (Fsp3) is 0.875. The van der Waals surface area contributed by atoms with E-state index in [0.717, 1.165) is 25.8 Å². The van der Waals surface area contributed by atoms with Crippen LogP contribution in [-0.2, 0) is 9.84 Å². The Kier molecular flexibility index (Phi) is 6.09. The summed E-state index contributed by atoms with van der Waals surface area (Å²) in [5.41, 5.74) is 1.49. The van der Waals surface area contributed by atoms with E-state index in [9.17, 15) is 8.42 Å². The molecular weight excluding hydrogens is 270 g/mol. The molecule has 116 valence electrons. The Labute approximate surface area is 124 Å². The van der Waals surface area contributed by atoms with E-state index in [-0.39, 0.29) is 5.92 Å². The second-order valence-electron chi connectivity index (χ2n) is 6.33. The molecule has 0 aromatic carbocycles. The van der Waals surface area contributed by atoms with Crippen LogP contribution in [0.2, 0.25) is 0 Å². The number of hydrogen-bond donors (Lipinski definition) is 1. The summed E-state index contributed by atoms with van der Waals surface area (Å²) in [6.45, 7) is 3.15. The molecule has 3 nitrogen and oxygen atoms in total. The topological polar surface area (TPSA) is 46.2 Å². The molecule has 2 aliphatic rings. The molecule has 0 bridgehead atoms. The highest BCUT2D eigenvalue weighted by atomic mass is 32.2. The maximum absolute atomic E-state index is 11.8. The van der Waals surface area contributed by atoms with Gasteiger partial charge in [-0.05, 0) is 51.0 Å². The van der Waals surface area contributed by atoms with E-state index in [1.807, 2.05) is 0 Å². The molecule has 1 aliphatic carbocycles. The Bertz CT molecular complexity index is 428. The molecule has 2 unspecified atom stereocenters. The van der Waals surface area contributed by atoms with Gasteiger partial charge in [-0.1, -0.05) is 31.4 Å². The molecule has 0 aromatic heterocycles. The van der Waals surface area contributed by atoms with Crippen molar-refractivity contribution in [2.24, 2.45) is 5.92 Å². The monoisotopic (exact) mass is 299 g/mol. The molecular formula is C16H29NO2S. The molecule has 0 aromatic rings. The van der Waals surface area contributed by atoms with Gasteiger partial charge in [-0.3, -0.25) is 0 Å². The Morgan fingerprint density at radius 3 is 2.80 bits per heavy atom. The molecule has 1 saturated heterocycles. The fourth-order valence-corrected chi connectivity index (χ4v) is 5.33. The van der Waals surface area contributed by atoms with E-state index in [1.165, 1.54) is 37.7 Å². The first-order chi connectivity index (χ1) is 9.62. The number of hydrogen-bond acceptors (Lipinski definition) is 3. The van der Waals surface area contributed by atoms with Crippen molar-refractivity contribution in [2.75, 3.05) is 18.1 Å². The van der Waals surface area contributed by atoms with E-state index >= 15 is 0 Å². The average molecular weight is 299 g/mol. The molecule has 1 aliphatic heterocycles. The van der Waals surface area contributed by atoms with Crippen LogP contribution >= 0.6 is 0 Å². The molecule has 20 heavy (non-hydrogen) atoms. The van der Waals surface area contributed by atoms with Gasteiger partial charge in [0.2, 0.25) is 0 Å². The van der Waals surface area contributed by atoms with Crippen molar-refractivity contribution in [3.8, 4) is 0 Å². The Morgan fingerprint density at radius 2 is 2.10 bits per heavy atom. The van der Waals surface area contributed by atoms with Crippen LogP contribution in [0.25, 0.3) is 0 Å². The molecule has 4 heteroatoms.